The molecule has 2 N–H and O–H groups in total. The Bertz CT molecular complexity index is 604. The summed E-state index contributed by atoms with van der Waals surface area (Å²) < 4.78 is 4.37. The fraction of sp³-hybridized carbons (Fsp3) is 0.652. The van der Waals surface area contributed by atoms with Crippen molar-refractivity contribution in [3.05, 3.63) is 40.7 Å². The molecule has 4 heteroatoms. The molecule has 152 valence electrons. The summed E-state index contributed by atoms with van der Waals surface area (Å²) in [4.78, 5) is 11.3. The molecule has 0 unspecified atom stereocenters. The molecule has 1 aliphatic carbocycles. The van der Waals surface area contributed by atoms with Gasteiger partial charge >= 0.3 is 5.97 Å². The molecule has 0 amide bonds. The van der Waals surface area contributed by atoms with Gasteiger partial charge in [-0.25, -0.2) is 4.79 Å². The molecular weight excluding hydrogens is 340 g/mol. The molecule has 1 rings (SSSR count). The molecular formula is C23H36O4. The van der Waals surface area contributed by atoms with Gasteiger partial charge in [-0.3, -0.25) is 0 Å². The lowest BCUT2D eigenvalue weighted by Crippen LogP contribution is -2.38. The number of methoxy groups -OCH3 is 1. The van der Waals surface area contributed by atoms with Gasteiger partial charge in [0.1, 0.15) is 0 Å². The molecule has 0 heterocycles. The van der Waals surface area contributed by atoms with Crippen molar-refractivity contribution >= 4 is 5.97 Å². The highest BCUT2D eigenvalue weighted by atomic mass is 16.6. The van der Waals surface area contributed by atoms with Crippen molar-refractivity contribution in [3.63, 3.8) is 0 Å². The minimum absolute atomic E-state index is 0.240. The number of unbranched alkanes of at least 4 members (excludes halogenated alkanes) is 4. The molecule has 0 aliphatic heterocycles. The lowest BCUT2D eigenvalue weighted by Gasteiger charge is -2.15. The second kappa shape index (κ2) is 12.0. The number of hydrogen-bond donors (Lipinski definition) is 2. The first-order valence-electron chi connectivity index (χ1n) is 10.1. The Balaban J connectivity index is 2.70. The zero-order chi connectivity index (χ0) is 20.3. The van der Waals surface area contributed by atoms with E-state index in [2.05, 4.69) is 36.5 Å². The summed E-state index contributed by atoms with van der Waals surface area (Å²) in [7, 11) is 1.13. The average molecular weight is 377 g/mol. The van der Waals surface area contributed by atoms with Crippen molar-refractivity contribution in [2.45, 2.75) is 84.3 Å². The number of allylic oxidation sites excluding steroid dienone is 4. The van der Waals surface area contributed by atoms with Crippen LogP contribution < -0.4 is 0 Å². The summed E-state index contributed by atoms with van der Waals surface area (Å²) in [6.07, 6.45) is 15.3. The number of rotatable bonds is 11. The van der Waals surface area contributed by atoms with Gasteiger partial charge in [0.25, 0.3) is 5.79 Å². The van der Waals surface area contributed by atoms with Gasteiger partial charge in [-0.2, -0.15) is 0 Å². The summed E-state index contributed by atoms with van der Waals surface area (Å²) in [5, 5.41) is 19.2. The summed E-state index contributed by atoms with van der Waals surface area (Å²) in [6.45, 7) is 6.47. The van der Waals surface area contributed by atoms with E-state index < -0.39 is 11.8 Å². The molecule has 0 aromatic heterocycles. The molecule has 0 aromatic rings. The van der Waals surface area contributed by atoms with Crippen molar-refractivity contribution in [1.82, 2.24) is 0 Å². The third-order valence-corrected chi connectivity index (χ3v) is 5.10. The van der Waals surface area contributed by atoms with Crippen molar-refractivity contribution in [3.8, 4) is 0 Å². The van der Waals surface area contributed by atoms with Crippen LogP contribution in [0.25, 0.3) is 0 Å². The standard InChI is InChI=1S/C23H36O4/c1-5-6-7-8-9-10-13-20-15-14-19(3)21(20)17-18(2)12-11-16-23(25,26)22(24)27-4/h10-11,13,19,25-26H,5-9,14-17H2,1-4H3/b13-10+/t12?,19-/m0/s1. The van der Waals surface area contributed by atoms with E-state index in [1.54, 1.807) is 0 Å². The lowest BCUT2D eigenvalue weighted by atomic mass is 9.96. The van der Waals surface area contributed by atoms with Crippen LogP contribution in [0.2, 0.25) is 0 Å². The molecule has 4 nitrogen and oxygen atoms in total. The number of esters is 1. The van der Waals surface area contributed by atoms with Crippen LogP contribution in [0.5, 0.6) is 0 Å². The first-order chi connectivity index (χ1) is 12.8. The Morgan fingerprint density at radius 3 is 2.74 bits per heavy atom. The van der Waals surface area contributed by atoms with Crippen LogP contribution in [0, 0.1) is 5.92 Å². The monoisotopic (exact) mass is 376 g/mol. The lowest BCUT2D eigenvalue weighted by molar-refractivity contribution is -0.205. The summed E-state index contributed by atoms with van der Waals surface area (Å²) in [5.74, 6) is -2.99. The molecule has 0 fully saturated rings. The number of ether oxygens (including phenoxy) is 1. The second-order valence-electron chi connectivity index (χ2n) is 7.56. The van der Waals surface area contributed by atoms with Gasteiger partial charge < -0.3 is 14.9 Å². The zero-order valence-corrected chi connectivity index (χ0v) is 17.4. The van der Waals surface area contributed by atoms with Gasteiger partial charge in [0.2, 0.25) is 0 Å². The van der Waals surface area contributed by atoms with Crippen LogP contribution in [0.4, 0.5) is 0 Å². The van der Waals surface area contributed by atoms with E-state index in [0.29, 0.717) is 5.92 Å². The first kappa shape index (κ1) is 23.4. The first-order valence-corrected chi connectivity index (χ1v) is 10.1. The van der Waals surface area contributed by atoms with E-state index in [0.717, 1.165) is 31.9 Å². The summed E-state index contributed by atoms with van der Waals surface area (Å²) in [5.41, 5.74) is 6.99. The molecule has 0 radical (unpaired) electrons. The SMILES string of the molecule is CCCCCC/C=C/C1=C(CC(C)=C=CCC(O)(O)C(=O)OC)[C@@H](C)CC1. The Hall–Kier alpha value is -1.61. The van der Waals surface area contributed by atoms with Crippen LogP contribution in [-0.2, 0) is 9.53 Å². The largest absolute Gasteiger partial charge is 0.465 e. The average Bonchev–Trinajstić information content (AvgIpc) is 2.97. The Morgan fingerprint density at radius 1 is 1.33 bits per heavy atom. The third-order valence-electron chi connectivity index (χ3n) is 5.10. The van der Waals surface area contributed by atoms with Crippen LogP contribution in [-0.4, -0.2) is 29.1 Å². The predicted molar refractivity (Wildman–Crippen MR) is 109 cm³/mol. The van der Waals surface area contributed by atoms with E-state index in [-0.39, 0.29) is 6.42 Å². The molecule has 1 atom stereocenters. The number of carbonyl (C=O) groups is 1. The Morgan fingerprint density at radius 2 is 2.07 bits per heavy atom. The molecule has 0 saturated carbocycles. The van der Waals surface area contributed by atoms with Gasteiger partial charge in [-0.1, -0.05) is 50.8 Å². The third kappa shape index (κ3) is 8.30. The minimum atomic E-state index is -2.49. The fourth-order valence-electron chi connectivity index (χ4n) is 3.37. The van der Waals surface area contributed by atoms with Gasteiger partial charge in [-0.15, -0.1) is 5.73 Å². The number of carbonyl (C=O) groups excluding carboxylic acids is 1. The summed E-state index contributed by atoms with van der Waals surface area (Å²) >= 11 is 0. The van der Waals surface area contributed by atoms with Crippen LogP contribution in [0.1, 0.15) is 78.6 Å². The second-order valence-corrected chi connectivity index (χ2v) is 7.56. The van der Waals surface area contributed by atoms with Crippen LogP contribution >= 0.6 is 0 Å². The maximum absolute atomic E-state index is 11.3. The normalized spacial score (nSPS) is 17.3. The number of hydrogen-bond acceptors (Lipinski definition) is 4. The molecule has 0 spiro atoms. The maximum Gasteiger partial charge on any atom is 0.366 e. The molecule has 1 aliphatic rings. The quantitative estimate of drug-likeness (QED) is 0.231. The highest BCUT2D eigenvalue weighted by Crippen LogP contribution is 2.36. The molecule has 0 saturated heterocycles. The van der Waals surface area contributed by atoms with Gasteiger partial charge in [0, 0.05) is 6.42 Å². The van der Waals surface area contributed by atoms with Crippen molar-refractivity contribution < 1.29 is 19.7 Å². The van der Waals surface area contributed by atoms with E-state index in [1.165, 1.54) is 49.3 Å². The van der Waals surface area contributed by atoms with Gasteiger partial charge in [0.15, 0.2) is 0 Å². The molecule has 0 bridgehead atoms. The van der Waals surface area contributed by atoms with Gasteiger partial charge in [-0.05, 0) is 62.2 Å². The maximum atomic E-state index is 11.3. The Kier molecular flexibility index (Phi) is 10.4. The molecule has 0 aromatic carbocycles. The van der Waals surface area contributed by atoms with E-state index >= 15 is 0 Å². The van der Waals surface area contributed by atoms with Crippen molar-refractivity contribution in [2.75, 3.05) is 7.11 Å². The van der Waals surface area contributed by atoms with E-state index in [4.69, 9.17) is 0 Å². The zero-order valence-electron chi connectivity index (χ0n) is 17.4. The predicted octanol–water partition coefficient (Wildman–Crippen LogP) is 4.98. The molecule has 27 heavy (non-hydrogen) atoms. The highest BCUT2D eigenvalue weighted by Gasteiger charge is 2.33. The fourth-order valence-corrected chi connectivity index (χ4v) is 3.37. The Labute approximate surface area is 164 Å². The summed E-state index contributed by atoms with van der Waals surface area (Å²) in [6, 6.07) is 0. The topological polar surface area (TPSA) is 66.8 Å². The highest BCUT2D eigenvalue weighted by molar-refractivity contribution is 5.77. The van der Waals surface area contributed by atoms with E-state index in [9.17, 15) is 15.0 Å². The van der Waals surface area contributed by atoms with Crippen LogP contribution in [0.3, 0.4) is 0 Å². The van der Waals surface area contributed by atoms with Crippen LogP contribution in [0.15, 0.2) is 40.7 Å². The van der Waals surface area contributed by atoms with Crippen molar-refractivity contribution in [2.24, 2.45) is 5.92 Å². The minimum Gasteiger partial charge on any atom is -0.465 e. The number of aliphatic hydroxyl groups is 2. The van der Waals surface area contributed by atoms with Gasteiger partial charge in [0.05, 0.1) is 7.11 Å². The van der Waals surface area contributed by atoms with E-state index in [1.807, 2.05) is 6.92 Å². The van der Waals surface area contributed by atoms with Crippen molar-refractivity contribution in [1.29, 1.82) is 0 Å². The smallest absolute Gasteiger partial charge is 0.366 e.